The number of nitrogens with one attached hydrogen (secondary N) is 1. The van der Waals surface area contributed by atoms with Crippen LogP contribution in [0.3, 0.4) is 0 Å². The Labute approximate surface area is 207 Å². The number of benzene rings is 2. The van der Waals surface area contributed by atoms with Gasteiger partial charge in [0, 0.05) is 21.8 Å². The Hall–Kier alpha value is -3.82. The molecular weight excluding hydrogens is 497 g/mol. The van der Waals surface area contributed by atoms with Gasteiger partial charge in [-0.3, -0.25) is 9.48 Å². The fraction of sp³-hybridized carbons (Fsp3) is 0.0833. The lowest BCUT2D eigenvalue weighted by molar-refractivity contribution is 0.102. The van der Waals surface area contributed by atoms with Crippen molar-refractivity contribution in [2.75, 3.05) is 5.32 Å². The molecule has 0 radical (unpaired) electrons. The summed E-state index contributed by atoms with van der Waals surface area (Å²) >= 11 is 12.2. The molecule has 0 saturated heterocycles. The summed E-state index contributed by atoms with van der Waals surface area (Å²) in [6.45, 7) is 0.363. The highest BCUT2D eigenvalue weighted by Gasteiger charge is 2.22. The third-order valence-corrected chi connectivity index (χ3v) is 5.86. The second kappa shape index (κ2) is 9.44. The maximum Gasteiger partial charge on any atom is 0.280 e. The predicted molar refractivity (Wildman–Crippen MR) is 129 cm³/mol. The van der Waals surface area contributed by atoms with E-state index in [-0.39, 0.29) is 16.9 Å². The molecule has 0 aliphatic carbocycles. The third-order valence-electron chi connectivity index (χ3n) is 5.28. The van der Waals surface area contributed by atoms with Gasteiger partial charge in [-0.15, -0.1) is 0 Å². The van der Waals surface area contributed by atoms with Gasteiger partial charge in [0.2, 0.25) is 0 Å². The van der Waals surface area contributed by atoms with Gasteiger partial charge in [-0.25, -0.2) is 18.3 Å². The van der Waals surface area contributed by atoms with E-state index in [1.54, 1.807) is 53.3 Å². The van der Waals surface area contributed by atoms with Crippen LogP contribution in [0.1, 0.15) is 28.0 Å². The summed E-state index contributed by atoms with van der Waals surface area (Å²) < 4.78 is 30.1. The number of nitrogens with zero attached hydrogens (tertiary/aromatic N) is 5. The molecule has 0 spiro atoms. The molecule has 3 heterocycles. The first-order chi connectivity index (χ1) is 16.9. The number of fused-ring (bicyclic) bond motifs is 1. The monoisotopic (exact) mass is 512 g/mol. The largest absolute Gasteiger partial charge is 0.319 e. The maximum atomic E-state index is 13.8. The molecule has 1 amide bonds. The number of rotatable bonds is 6. The van der Waals surface area contributed by atoms with Crippen LogP contribution >= 0.6 is 23.2 Å². The number of halogens is 4. The molecule has 5 aromatic rings. The quantitative estimate of drug-likeness (QED) is 0.296. The van der Waals surface area contributed by atoms with Gasteiger partial charge in [-0.05, 0) is 23.8 Å². The van der Waals surface area contributed by atoms with Crippen molar-refractivity contribution in [3.63, 3.8) is 0 Å². The van der Waals surface area contributed by atoms with E-state index >= 15 is 0 Å². The summed E-state index contributed by atoms with van der Waals surface area (Å²) in [5.74, 6) is -0.554. The number of hydrogen-bond acceptors (Lipinski definition) is 4. The number of anilines is 1. The normalized spacial score (nSPS) is 11.3. The van der Waals surface area contributed by atoms with E-state index in [9.17, 15) is 13.6 Å². The fourth-order valence-electron chi connectivity index (χ4n) is 3.60. The van der Waals surface area contributed by atoms with Crippen LogP contribution in [0.25, 0.3) is 16.9 Å². The molecule has 0 atom stereocenters. The van der Waals surface area contributed by atoms with Crippen molar-refractivity contribution in [1.29, 1.82) is 0 Å². The van der Waals surface area contributed by atoms with Crippen LogP contribution in [-0.4, -0.2) is 30.3 Å². The Morgan fingerprint density at radius 3 is 2.57 bits per heavy atom. The van der Waals surface area contributed by atoms with Crippen molar-refractivity contribution >= 4 is 40.4 Å². The van der Waals surface area contributed by atoms with E-state index in [1.807, 2.05) is 6.07 Å². The lowest BCUT2D eigenvalue weighted by atomic mass is 10.1. The first-order valence-corrected chi connectivity index (χ1v) is 11.1. The van der Waals surface area contributed by atoms with Gasteiger partial charge in [0.15, 0.2) is 5.65 Å². The van der Waals surface area contributed by atoms with Crippen LogP contribution in [0.15, 0.2) is 73.2 Å². The standard InChI is InChI=1S/C24H16Cl2F2N6O/c25-16-7-6-15(19(26)8-16)12-33-13-17(10-29-33)31-24(35)18-11-30-34-21(22(27)28)9-20(32-23(18)34)14-4-2-1-3-5-14/h1-11,13,22H,12H2,(H,31,35). The van der Waals surface area contributed by atoms with Crippen molar-refractivity contribution < 1.29 is 13.6 Å². The molecular formula is C24H16Cl2F2N6O. The maximum absolute atomic E-state index is 13.8. The molecule has 0 unspecified atom stereocenters. The molecule has 5 rings (SSSR count). The molecule has 1 N–H and O–H groups in total. The van der Waals surface area contributed by atoms with Crippen LogP contribution in [0.2, 0.25) is 10.0 Å². The summed E-state index contributed by atoms with van der Waals surface area (Å²) in [5, 5.41) is 12.0. The van der Waals surface area contributed by atoms with Gasteiger partial charge in [0.25, 0.3) is 12.3 Å². The first-order valence-electron chi connectivity index (χ1n) is 10.4. The van der Waals surface area contributed by atoms with Gasteiger partial charge in [0.05, 0.1) is 30.3 Å². The number of amides is 1. The summed E-state index contributed by atoms with van der Waals surface area (Å²) in [6, 6.07) is 15.3. The van der Waals surface area contributed by atoms with Gasteiger partial charge in [-0.2, -0.15) is 10.2 Å². The minimum Gasteiger partial charge on any atom is -0.319 e. The van der Waals surface area contributed by atoms with Crippen molar-refractivity contribution in [1.82, 2.24) is 24.4 Å². The number of carbonyl (C=O) groups excluding carboxylic acids is 1. The average Bonchev–Trinajstić information content (AvgIpc) is 3.47. The van der Waals surface area contributed by atoms with Crippen molar-refractivity contribution in [3.05, 3.63) is 100 Å². The van der Waals surface area contributed by atoms with E-state index in [4.69, 9.17) is 23.2 Å². The fourth-order valence-corrected chi connectivity index (χ4v) is 4.06. The highest BCUT2D eigenvalue weighted by atomic mass is 35.5. The highest BCUT2D eigenvalue weighted by molar-refractivity contribution is 6.35. The van der Waals surface area contributed by atoms with Crippen LogP contribution in [0.4, 0.5) is 14.5 Å². The zero-order chi connectivity index (χ0) is 24.5. The van der Waals surface area contributed by atoms with Crippen molar-refractivity contribution in [2.45, 2.75) is 13.0 Å². The first kappa shape index (κ1) is 22.9. The van der Waals surface area contributed by atoms with Crippen molar-refractivity contribution in [3.8, 4) is 11.3 Å². The Bertz CT molecular complexity index is 1530. The summed E-state index contributed by atoms with van der Waals surface area (Å²) in [5.41, 5.74) is 1.89. The highest BCUT2D eigenvalue weighted by Crippen LogP contribution is 2.27. The minimum atomic E-state index is -2.81. The second-order valence-electron chi connectivity index (χ2n) is 7.64. The molecule has 0 fully saturated rings. The van der Waals surface area contributed by atoms with Crippen LogP contribution in [0, 0.1) is 0 Å². The summed E-state index contributed by atoms with van der Waals surface area (Å²) in [7, 11) is 0. The van der Waals surface area contributed by atoms with E-state index in [0.717, 1.165) is 10.1 Å². The van der Waals surface area contributed by atoms with Gasteiger partial charge in [0.1, 0.15) is 11.3 Å². The topological polar surface area (TPSA) is 77.1 Å². The van der Waals surface area contributed by atoms with E-state index in [0.29, 0.717) is 33.5 Å². The van der Waals surface area contributed by atoms with E-state index < -0.39 is 12.3 Å². The SMILES string of the molecule is O=C(Nc1cnn(Cc2ccc(Cl)cc2Cl)c1)c1cnn2c(C(F)F)cc(-c3ccccc3)nc12. The predicted octanol–water partition coefficient (Wildman–Crippen LogP) is 6.14. The zero-order valence-electron chi connectivity index (χ0n) is 17.9. The zero-order valence-corrected chi connectivity index (χ0v) is 19.4. The second-order valence-corrected chi connectivity index (χ2v) is 8.49. The van der Waals surface area contributed by atoms with Crippen LogP contribution < -0.4 is 5.32 Å². The number of aromatic nitrogens is 5. The smallest absolute Gasteiger partial charge is 0.280 e. The van der Waals surface area contributed by atoms with Gasteiger partial charge < -0.3 is 5.32 Å². The summed E-state index contributed by atoms with van der Waals surface area (Å²) in [4.78, 5) is 17.5. The van der Waals surface area contributed by atoms with E-state index in [2.05, 4.69) is 20.5 Å². The molecule has 11 heteroatoms. The third kappa shape index (κ3) is 4.73. The van der Waals surface area contributed by atoms with Crippen molar-refractivity contribution in [2.24, 2.45) is 0 Å². The number of carbonyl (C=O) groups is 1. The molecule has 2 aromatic carbocycles. The Kier molecular flexibility index (Phi) is 6.19. The number of hydrogen-bond donors (Lipinski definition) is 1. The van der Waals surface area contributed by atoms with Gasteiger partial charge in [-0.1, -0.05) is 59.6 Å². The van der Waals surface area contributed by atoms with Crippen LogP contribution in [0.5, 0.6) is 0 Å². The van der Waals surface area contributed by atoms with Crippen LogP contribution in [-0.2, 0) is 6.54 Å². The molecule has 0 bridgehead atoms. The van der Waals surface area contributed by atoms with E-state index in [1.165, 1.54) is 18.5 Å². The average molecular weight is 513 g/mol. The molecule has 0 aliphatic rings. The number of alkyl halides is 2. The minimum absolute atomic E-state index is 0.0273. The molecule has 3 aromatic heterocycles. The molecule has 0 aliphatic heterocycles. The molecule has 7 nitrogen and oxygen atoms in total. The Morgan fingerprint density at radius 2 is 1.83 bits per heavy atom. The Morgan fingerprint density at radius 1 is 1.03 bits per heavy atom. The lowest BCUT2D eigenvalue weighted by Crippen LogP contribution is -2.12. The molecule has 35 heavy (non-hydrogen) atoms. The van der Waals surface area contributed by atoms with Gasteiger partial charge >= 0.3 is 0 Å². The summed E-state index contributed by atoms with van der Waals surface area (Å²) in [6.07, 6.45) is 1.51. The Balaban J connectivity index is 1.43. The molecule has 176 valence electrons. The molecule has 0 saturated carbocycles. The lowest BCUT2D eigenvalue weighted by Gasteiger charge is -2.08.